The van der Waals surface area contributed by atoms with E-state index in [-0.39, 0.29) is 5.91 Å². The second kappa shape index (κ2) is 9.48. The molecule has 0 bridgehead atoms. The number of nitrogen functional groups attached to an aromatic ring is 1. The molecule has 0 aliphatic carbocycles. The number of benzene rings is 3. The summed E-state index contributed by atoms with van der Waals surface area (Å²) in [7, 11) is 3.21. The maximum absolute atomic E-state index is 13.2. The van der Waals surface area contributed by atoms with Gasteiger partial charge in [-0.3, -0.25) is 4.79 Å². The Bertz CT molecular complexity index is 1520. The molecule has 2 aromatic heterocycles. The predicted molar refractivity (Wildman–Crippen MR) is 142 cm³/mol. The van der Waals surface area contributed by atoms with Crippen molar-refractivity contribution in [1.29, 1.82) is 0 Å². The van der Waals surface area contributed by atoms with E-state index in [0.29, 0.717) is 38.0 Å². The topological polar surface area (TPSA) is 86.5 Å². The first-order valence-corrected chi connectivity index (χ1v) is 11.8. The van der Waals surface area contributed by atoms with E-state index in [4.69, 9.17) is 20.2 Å². The Balaban J connectivity index is 1.74. The molecule has 0 fully saturated rings. The predicted octanol–water partition coefficient (Wildman–Crippen LogP) is 6.48. The van der Waals surface area contributed by atoms with Gasteiger partial charge in [-0.15, -0.1) is 11.3 Å². The summed E-state index contributed by atoms with van der Waals surface area (Å²) >= 11 is 1.27. The van der Waals surface area contributed by atoms with Crippen molar-refractivity contribution in [3.8, 4) is 33.9 Å². The number of carbonyl (C=O) groups excluding carboxylic acids is 1. The van der Waals surface area contributed by atoms with Crippen LogP contribution in [0.15, 0.2) is 84.9 Å². The molecule has 0 spiro atoms. The van der Waals surface area contributed by atoms with E-state index in [1.807, 2.05) is 84.9 Å². The van der Waals surface area contributed by atoms with E-state index in [9.17, 15) is 4.79 Å². The van der Waals surface area contributed by atoms with Gasteiger partial charge in [-0.2, -0.15) is 0 Å². The minimum absolute atomic E-state index is 0.276. The Kier molecular flexibility index (Phi) is 6.08. The van der Waals surface area contributed by atoms with E-state index in [0.717, 1.165) is 22.4 Å². The molecule has 7 heteroatoms. The zero-order chi connectivity index (χ0) is 24.4. The third kappa shape index (κ3) is 4.18. The maximum atomic E-state index is 13.2. The normalized spacial score (nSPS) is 10.8. The van der Waals surface area contributed by atoms with Crippen molar-refractivity contribution in [2.24, 2.45) is 0 Å². The molecule has 5 rings (SSSR count). The van der Waals surface area contributed by atoms with Gasteiger partial charge in [0.15, 0.2) is 11.5 Å². The van der Waals surface area contributed by atoms with Crippen molar-refractivity contribution in [3.05, 3.63) is 89.8 Å². The van der Waals surface area contributed by atoms with Crippen molar-refractivity contribution < 1.29 is 14.3 Å². The summed E-state index contributed by atoms with van der Waals surface area (Å²) in [6, 6.07) is 26.9. The third-order valence-electron chi connectivity index (χ3n) is 5.70. The molecule has 5 aromatic rings. The Morgan fingerprint density at radius 1 is 0.886 bits per heavy atom. The highest BCUT2D eigenvalue weighted by Gasteiger charge is 2.24. The van der Waals surface area contributed by atoms with Gasteiger partial charge in [0.1, 0.15) is 9.71 Å². The number of anilines is 2. The smallest absolute Gasteiger partial charge is 0.267 e. The molecule has 35 heavy (non-hydrogen) atoms. The number of fused-ring (bicyclic) bond motifs is 1. The standard InChI is InChI=1S/C28H23N3O3S/c1-33-22-15-9-14-19(25(22)34-2)20-16-21(17-10-5-3-6-11-17)31-28-23(20)24(29)26(35-28)27(32)30-18-12-7-4-8-13-18/h3-16H,29H2,1-2H3,(H,30,32). The first-order chi connectivity index (χ1) is 17.1. The molecule has 3 N–H and O–H groups in total. The SMILES string of the molecule is COc1cccc(-c2cc(-c3ccccc3)nc3sc(C(=O)Nc4ccccc4)c(N)c23)c1OC. The lowest BCUT2D eigenvalue weighted by atomic mass is 9.98. The molecule has 0 saturated heterocycles. The number of hydrogen-bond donors (Lipinski definition) is 2. The van der Waals surface area contributed by atoms with E-state index < -0.39 is 0 Å². The van der Waals surface area contributed by atoms with Gasteiger partial charge >= 0.3 is 0 Å². The molecule has 0 aliphatic rings. The number of pyridine rings is 1. The molecular formula is C28H23N3O3S. The molecule has 0 atom stereocenters. The lowest BCUT2D eigenvalue weighted by Gasteiger charge is -2.15. The highest BCUT2D eigenvalue weighted by atomic mass is 32.1. The highest BCUT2D eigenvalue weighted by molar-refractivity contribution is 7.21. The fourth-order valence-corrected chi connectivity index (χ4v) is 5.08. The van der Waals surface area contributed by atoms with Crippen LogP contribution in [-0.4, -0.2) is 25.1 Å². The van der Waals surface area contributed by atoms with Gasteiger partial charge in [0.2, 0.25) is 0 Å². The number of hydrogen-bond acceptors (Lipinski definition) is 6. The van der Waals surface area contributed by atoms with Crippen molar-refractivity contribution in [3.63, 3.8) is 0 Å². The van der Waals surface area contributed by atoms with Crippen LogP contribution in [-0.2, 0) is 0 Å². The minimum Gasteiger partial charge on any atom is -0.493 e. The number of nitrogens with one attached hydrogen (secondary N) is 1. The van der Waals surface area contributed by atoms with Crippen molar-refractivity contribution in [1.82, 2.24) is 4.98 Å². The average Bonchev–Trinajstić information content (AvgIpc) is 3.25. The first kappa shape index (κ1) is 22.4. The maximum Gasteiger partial charge on any atom is 0.267 e. The van der Waals surface area contributed by atoms with Crippen LogP contribution in [0.5, 0.6) is 11.5 Å². The minimum atomic E-state index is -0.276. The van der Waals surface area contributed by atoms with Crippen LogP contribution in [0.4, 0.5) is 11.4 Å². The van der Waals surface area contributed by atoms with Crippen LogP contribution in [0.2, 0.25) is 0 Å². The van der Waals surface area contributed by atoms with Crippen LogP contribution in [0, 0.1) is 0 Å². The Labute approximate surface area is 207 Å². The van der Waals surface area contributed by atoms with Gasteiger partial charge < -0.3 is 20.5 Å². The number of para-hydroxylation sites is 2. The summed E-state index contributed by atoms with van der Waals surface area (Å²) in [5, 5.41) is 3.63. The first-order valence-electron chi connectivity index (χ1n) is 11.0. The quantitative estimate of drug-likeness (QED) is 0.290. The third-order valence-corrected chi connectivity index (χ3v) is 6.80. The number of methoxy groups -OCH3 is 2. The van der Waals surface area contributed by atoms with Crippen LogP contribution >= 0.6 is 11.3 Å². The molecule has 3 aromatic carbocycles. The number of nitrogens with zero attached hydrogens (tertiary/aromatic N) is 1. The van der Waals surface area contributed by atoms with Crippen LogP contribution in [0.3, 0.4) is 0 Å². The van der Waals surface area contributed by atoms with Crippen LogP contribution < -0.4 is 20.5 Å². The summed E-state index contributed by atoms with van der Waals surface area (Å²) in [4.78, 5) is 19.1. The lowest BCUT2D eigenvalue weighted by Crippen LogP contribution is -2.11. The Morgan fingerprint density at radius 2 is 1.60 bits per heavy atom. The monoisotopic (exact) mass is 481 g/mol. The van der Waals surface area contributed by atoms with Crippen molar-refractivity contribution in [2.75, 3.05) is 25.3 Å². The Hall–Kier alpha value is -4.36. The molecule has 0 aliphatic heterocycles. The zero-order valence-corrected chi connectivity index (χ0v) is 20.1. The second-order valence-electron chi connectivity index (χ2n) is 7.81. The van der Waals surface area contributed by atoms with Gasteiger partial charge in [-0.25, -0.2) is 4.98 Å². The number of nitrogens with two attached hydrogens (primary N) is 1. The number of rotatable bonds is 6. The number of aromatic nitrogens is 1. The molecule has 0 unspecified atom stereocenters. The van der Waals surface area contributed by atoms with Crippen LogP contribution in [0.25, 0.3) is 32.6 Å². The molecule has 1 amide bonds. The summed E-state index contributed by atoms with van der Waals surface area (Å²) in [5.74, 6) is 0.913. The largest absolute Gasteiger partial charge is 0.493 e. The summed E-state index contributed by atoms with van der Waals surface area (Å²) in [6.07, 6.45) is 0. The van der Waals surface area contributed by atoms with Gasteiger partial charge in [0, 0.05) is 27.8 Å². The summed E-state index contributed by atoms with van der Waals surface area (Å²) in [5.41, 5.74) is 11.0. The number of thiophene rings is 1. The average molecular weight is 482 g/mol. The lowest BCUT2D eigenvalue weighted by molar-refractivity contribution is 0.103. The molecule has 6 nitrogen and oxygen atoms in total. The van der Waals surface area contributed by atoms with Crippen molar-refractivity contribution in [2.45, 2.75) is 0 Å². The van der Waals surface area contributed by atoms with Crippen molar-refractivity contribution >= 4 is 38.8 Å². The van der Waals surface area contributed by atoms with Gasteiger partial charge in [0.05, 0.1) is 25.6 Å². The molecule has 0 saturated carbocycles. The highest BCUT2D eigenvalue weighted by Crippen LogP contribution is 2.46. The fourth-order valence-electron chi connectivity index (χ4n) is 4.07. The molecular weight excluding hydrogens is 458 g/mol. The summed E-state index contributed by atoms with van der Waals surface area (Å²) in [6.45, 7) is 0. The van der Waals surface area contributed by atoms with Crippen LogP contribution in [0.1, 0.15) is 9.67 Å². The number of carbonyl (C=O) groups is 1. The number of amides is 1. The van der Waals surface area contributed by atoms with E-state index >= 15 is 0 Å². The molecule has 0 radical (unpaired) electrons. The zero-order valence-electron chi connectivity index (χ0n) is 19.2. The Morgan fingerprint density at radius 3 is 2.29 bits per heavy atom. The van der Waals surface area contributed by atoms with E-state index in [1.54, 1.807) is 14.2 Å². The van der Waals surface area contributed by atoms with E-state index in [1.165, 1.54) is 11.3 Å². The van der Waals surface area contributed by atoms with Gasteiger partial charge in [-0.1, -0.05) is 60.7 Å². The fraction of sp³-hybridized carbons (Fsp3) is 0.0714. The van der Waals surface area contributed by atoms with Gasteiger partial charge in [0.25, 0.3) is 5.91 Å². The number of ether oxygens (including phenoxy) is 2. The van der Waals surface area contributed by atoms with Gasteiger partial charge in [-0.05, 0) is 24.3 Å². The molecule has 2 heterocycles. The summed E-state index contributed by atoms with van der Waals surface area (Å²) < 4.78 is 11.3. The molecule has 174 valence electrons. The van der Waals surface area contributed by atoms with E-state index in [2.05, 4.69) is 5.32 Å². The second-order valence-corrected chi connectivity index (χ2v) is 8.81.